The first-order valence-electron chi connectivity index (χ1n) is 9.81. The summed E-state index contributed by atoms with van der Waals surface area (Å²) in [6.07, 6.45) is 4.38. The maximum absolute atomic E-state index is 12.2. The molecule has 0 aromatic heterocycles. The lowest BCUT2D eigenvalue weighted by Crippen LogP contribution is -2.45. The lowest BCUT2D eigenvalue weighted by molar-refractivity contribution is -0.123. The third-order valence-electron chi connectivity index (χ3n) is 5.28. The van der Waals surface area contributed by atoms with Crippen LogP contribution in [0.3, 0.4) is 0 Å². The van der Waals surface area contributed by atoms with Crippen molar-refractivity contribution >= 4 is 29.9 Å². The molecule has 0 spiro atoms. The molecule has 2 heterocycles. The van der Waals surface area contributed by atoms with Crippen molar-refractivity contribution in [1.29, 1.82) is 0 Å². The van der Waals surface area contributed by atoms with Gasteiger partial charge in [0.1, 0.15) is 5.75 Å². The van der Waals surface area contributed by atoms with Crippen molar-refractivity contribution in [2.45, 2.75) is 45.2 Å². The molecule has 2 fully saturated rings. The highest BCUT2D eigenvalue weighted by Gasteiger charge is 2.25. The van der Waals surface area contributed by atoms with E-state index in [2.05, 4.69) is 21.6 Å². The van der Waals surface area contributed by atoms with Crippen molar-refractivity contribution in [3.05, 3.63) is 28.8 Å². The van der Waals surface area contributed by atoms with Gasteiger partial charge < -0.3 is 15.4 Å². The number of nitrogens with one attached hydrogen (secondary N) is 2. The number of ether oxygens (including phenoxy) is 1. The van der Waals surface area contributed by atoms with Gasteiger partial charge in [-0.25, -0.2) is 0 Å². The van der Waals surface area contributed by atoms with Crippen molar-refractivity contribution < 1.29 is 9.53 Å². The smallest absolute Gasteiger partial charge is 0.237 e. The van der Waals surface area contributed by atoms with Crippen LogP contribution >= 0.6 is 24.0 Å². The molecule has 27 heavy (non-hydrogen) atoms. The van der Waals surface area contributed by atoms with Crippen molar-refractivity contribution in [2.75, 3.05) is 32.8 Å². The highest BCUT2D eigenvalue weighted by molar-refractivity contribution is 6.32. The van der Waals surface area contributed by atoms with Crippen LogP contribution in [-0.2, 0) is 11.3 Å². The molecule has 7 heteroatoms. The number of benzene rings is 1. The normalized spacial score (nSPS) is 22.9. The largest absolute Gasteiger partial charge is 0.492 e. The Morgan fingerprint density at radius 3 is 2.96 bits per heavy atom. The van der Waals surface area contributed by atoms with Gasteiger partial charge in [-0.05, 0) is 57.7 Å². The van der Waals surface area contributed by atoms with E-state index < -0.39 is 0 Å². The van der Waals surface area contributed by atoms with Gasteiger partial charge in [-0.15, -0.1) is 12.4 Å². The molecule has 0 radical (unpaired) electrons. The van der Waals surface area contributed by atoms with Crippen LogP contribution in [0.2, 0.25) is 5.02 Å². The number of hydrogen-bond donors (Lipinski definition) is 2. The Labute approximate surface area is 173 Å². The summed E-state index contributed by atoms with van der Waals surface area (Å²) in [6, 6.07) is 5.96. The Kier molecular flexibility index (Phi) is 9.16. The Balaban J connectivity index is 0.00000261. The third-order valence-corrected chi connectivity index (χ3v) is 5.57. The van der Waals surface area contributed by atoms with Crippen molar-refractivity contribution in [1.82, 2.24) is 15.5 Å². The fourth-order valence-electron chi connectivity index (χ4n) is 3.96. The monoisotopic (exact) mass is 415 g/mol. The van der Waals surface area contributed by atoms with E-state index in [0.29, 0.717) is 17.5 Å². The number of piperidine rings is 1. The van der Waals surface area contributed by atoms with Crippen LogP contribution in [0.1, 0.15) is 38.2 Å². The van der Waals surface area contributed by atoms with E-state index in [1.807, 2.05) is 19.1 Å². The molecule has 2 saturated heterocycles. The maximum atomic E-state index is 12.2. The minimum absolute atomic E-state index is 0. The zero-order chi connectivity index (χ0) is 18.4. The summed E-state index contributed by atoms with van der Waals surface area (Å²) in [5.41, 5.74) is 1.14. The van der Waals surface area contributed by atoms with Gasteiger partial charge in [0.2, 0.25) is 5.91 Å². The van der Waals surface area contributed by atoms with Gasteiger partial charge in [0.05, 0.1) is 17.7 Å². The molecule has 2 atom stereocenters. The predicted octanol–water partition coefficient (Wildman–Crippen LogP) is 3.24. The Morgan fingerprint density at radius 1 is 1.37 bits per heavy atom. The van der Waals surface area contributed by atoms with Crippen LogP contribution in [0.25, 0.3) is 0 Å². The summed E-state index contributed by atoms with van der Waals surface area (Å²) >= 11 is 6.30. The molecular weight excluding hydrogens is 385 g/mol. The number of likely N-dealkylation sites (tertiary alicyclic amines) is 1. The molecule has 2 N–H and O–H groups in total. The third kappa shape index (κ3) is 6.24. The maximum Gasteiger partial charge on any atom is 0.237 e. The summed E-state index contributed by atoms with van der Waals surface area (Å²) in [7, 11) is 0. The van der Waals surface area contributed by atoms with E-state index in [-0.39, 0.29) is 24.4 Å². The van der Waals surface area contributed by atoms with E-state index in [0.717, 1.165) is 63.3 Å². The lowest BCUT2D eigenvalue weighted by Gasteiger charge is -2.33. The van der Waals surface area contributed by atoms with E-state index in [9.17, 15) is 4.79 Å². The van der Waals surface area contributed by atoms with Gasteiger partial charge in [0.25, 0.3) is 0 Å². The number of hydrogen-bond acceptors (Lipinski definition) is 4. The summed E-state index contributed by atoms with van der Waals surface area (Å²) < 4.78 is 5.75. The van der Waals surface area contributed by atoms with Gasteiger partial charge >= 0.3 is 0 Å². The molecule has 2 aliphatic heterocycles. The van der Waals surface area contributed by atoms with Crippen LogP contribution in [0, 0.1) is 5.92 Å². The van der Waals surface area contributed by atoms with Gasteiger partial charge in [0.15, 0.2) is 0 Å². The fourth-order valence-corrected chi connectivity index (χ4v) is 4.21. The number of para-hydroxylation sites is 1. The van der Waals surface area contributed by atoms with E-state index in [4.69, 9.17) is 16.3 Å². The number of nitrogens with zero attached hydrogens (tertiary/aromatic N) is 1. The first-order valence-corrected chi connectivity index (χ1v) is 10.2. The fraction of sp³-hybridized carbons (Fsp3) is 0.650. The second-order valence-corrected chi connectivity index (χ2v) is 7.71. The van der Waals surface area contributed by atoms with Gasteiger partial charge in [-0.3, -0.25) is 9.69 Å². The molecule has 1 aromatic carbocycles. The summed E-state index contributed by atoms with van der Waals surface area (Å²) in [5.74, 6) is 1.47. The number of carbonyl (C=O) groups excluding carboxylic acids is 1. The van der Waals surface area contributed by atoms with Crippen molar-refractivity contribution in [3.63, 3.8) is 0 Å². The molecule has 1 aromatic rings. The zero-order valence-electron chi connectivity index (χ0n) is 16.0. The Morgan fingerprint density at radius 2 is 2.22 bits per heavy atom. The topological polar surface area (TPSA) is 53.6 Å². The van der Waals surface area contributed by atoms with Crippen molar-refractivity contribution in [3.8, 4) is 5.75 Å². The van der Waals surface area contributed by atoms with Crippen LogP contribution in [0.5, 0.6) is 5.75 Å². The highest BCUT2D eigenvalue weighted by Crippen LogP contribution is 2.30. The molecule has 0 saturated carbocycles. The van der Waals surface area contributed by atoms with Gasteiger partial charge in [-0.2, -0.15) is 0 Å². The minimum atomic E-state index is 0. The summed E-state index contributed by atoms with van der Waals surface area (Å²) in [5, 5.41) is 7.08. The van der Waals surface area contributed by atoms with E-state index >= 15 is 0 Å². The molecule has 152 valence electrons. The second kappa shape index (κ2) is 11.1. The van der Waals surface area contributed by atoms with Crippen LogP contribution < -0.4 is 15.4 Å². The Bertz CT molecular complexity index is 609. The minimum Gasteiger partial charge on any atom is -0.492 e. The number of carbonyl (C=O) groups is 1. The molecule has 0 aliphatic carbocycles. The first-order chi connectivity index (χ1) is 12.7. The first kappa shape index (κ1) is 22.3. The predicted molar refractivity (Wildman–Crippen MR) is 112 cm³/mol. The van der Waals surface area contributed by atoms with Crippen molar-refractivity contribution in [2.24, 2.45) is 5.92 Å². The average molecular weight is 416 g/mol. The summed E-state index contributed by atoms with van der Waals surface area (Å²) in [6.45, 7) is 7.22. The van der Waals surface area contributed by atoms with Crippen LogP contribution in [0.4, 0.5) is 0 Å². The van der Waals surface area contributed by atoms with E-state index in [1.54, 1.807) is 0 Å². The average Bonchev–Trinajstić information content (AvgIpc) is 3.18. The molecule has 2 aliphatic rings. The quantitative estimate of drug-likeness (QED) is 0.717. The Hall–Kier alpha value is -1.01. The van der Waals surface area contributed by atoms with Crippen LogP contribution in [-0.4, -0.2) is 49.6 Å². The summed E-state index contributed by atoms with van der Waals surface area (Å²) in [4.78, 5) is 14.6. The lowest BCUT2D eigenvalue weighted by atomic mass is 9.97. The molecule has 1 amide bonds. The SMILES string of the molecule is CCOc1c(Cl)cccc1CN1CCCC(CNC(=O)C2CCCN2)C1.Cl. The van der Waals surface area contributed by atoms with E-state index in [1.165, 1.54) is 6.42 Å². The van der Waals surface area contributed by atoms with Gasteiger partial charge in [-0.1, -0.05) is 23.7 Å². The molecule has 3 rings (SSSR count). The molecular formula is C20H31Cl2N3O2. The zero-order valence-corrected chi connectivity index (χ0v) is 17.6. The number of amides is 1. The number of halogens is 2. The number of rotatable bonds is 7. The second-order valence-electron chi connectivity index (χ2n) is 7.30. The molecule has 2 unspecified atom stereocenters. The van der Waals surface area contributed by atoms with Gasteiger partial charge in [0, 0.05) is 25.2 Å². The standard InChI is InChI=1S/C20H30ClN3O2.ClH/c1-2-26-19-16(7-3-8-17(19)21)14-24-11-5-6-15(13-24)12-23-20(25)18-9-4-10-22-18;/h3,7-8,15,18,22H,2,4-6,9-14H2,1H3,(H,23,25);1H. The molecule has 5 nitrogen and oxygen atoms in total. The molecule has 0 bridgehead atoms. The van der Waals surface area contributed by atoms with Crippen LogP contribution in [0.15, 0.2) is 18.2 Å². The highest BCUT2D eigenvalue weighted by atomic mass is 35.5.